The van der Waals surface area contributed by atoms with Crippen LogP contribution in [0.15, 0.2) is 24.3 Å². The number of nitrogens with zero attached hydrogens (tertiary/aromatic N) is 3. The molecule has 1 N–H and O–H groups in total. The zero-order valence-electron chi connectivity index (χ0n) is 30.4. The van der Waals surface area contributed by atoms with Crippen LogP contribution >= 0.6 is 0 Å². The molecule has 0 saturated carbocycles. The fourth-order valence-corrected chi connectivity index (χ4v) is 7.01. The van der Waals surface area contributed by atoms with Crippen LogP contribution in [0.2, 0.25) is 0 Å². The normalized spacial score (nSPS) is 20.1. The van der Waals surface area contributed by atoms with Gasteiger partial charge in [-0.2, -0.15) is 0 Å². The number of hydrogen-bond donors (Lipinski definition) is 1. The quantitative estimate of drug-likeness (QED) is 0.204. The third-order valence-electron chi connectivity index (χ3n) is 9.71. The SMILES string of the molecule is CCN(CC)C(=N)CCCc1cc2c(c(C(C)(C)C)c1)OC13Oc4c(cc(C(C)(C)C)cc4C(C)(C)C)C=[N+]1CC(C)(C)[N+]3=C2. The summed E-state index contributed by atoms with van der Waals surface area (Å²) in [6.07, 6.45) is 7.23. The van der Waals surface area contributed by atoms with E-state index < -0.39 is 6.03 Å². The van der Waals surface area contributed by atoms with Crippen molar-refractivity contribution >= 4 is 18.3 Å². The molecule has 1 unspecified atom stereocenters. The molecule has 1 spiro atoms. The smallest absolute Gasteiger partial charge is 0.361 e. The predicted molar refractivity (Wildman–Crippen MR) is 186 cm³/mol. The van der Waals surface area contributed by atoms with E-state index in [0.717, 1.165) is 67.4 Å². The third-order valence-corrected chi connectivity index (χ3v) is 9.71. The van der Waals surface area contributed by atoms with Gasteiger partial charge in [-0.05, 0) is 66.2 Å². The van der Waals surface area contributed by atoms with E-state index in [1.165, 1.54) is 22.3 Å². The Kier molecular flexibility index (Phi) is 8.11. The molecular weight excluding hydrogens is 556 g/mol. The molecule has 3 aliphatic rings. The number of rotatable bonds is 6. The number of ether oxygens (including phenoxy) is 2. The van der Waals surface area contributed by atoms with E-state index in [-0.39, 0.29) is 21.8 Å². The molecule has 6 heteroatoms. The van der Waals surface area contributed by atoms with Gasteiger partial charge in [0.1, 0.15) is 0 Å². The number of nitrogens with one attached hydrogen (secondary N) is 1. The van der Waals surface area contributed by atoms with Gasteiger partial charge in [0.2, 0.25) is 12.1 Å². The van der Waals surface area contributed by atoms with E-state index in [4.69, 9.17) is 14.9 Å². The summed E-state index contributed by atoms with van der Waals surface area (Å²) in [6, 6.07) is 8.18. The summed E-state index contributed by atoms with van der Waals surface area (Å²) in [7, 11) is 0. The van der Waals surface area contributed by atoms with Gasteiger partial charge in [0.25, 0.3) is 0 Å². The Morgan fingerprint density at radius 2 is 1.36 bits per heavy atom. The van der Waals surface area contributed by atoms with Crippen molar-refractivity contribution in [3.63, 3.8) is 0 Å². The summed E-state index contributed by atoms with van der Waals surface area (Å²) in [5, 5.41) is 8.53. The number of benzene rings is 2. The standard InChI is InChI=1S/C39H58N4O2/c1-14-41(15-2)32(40)18-16-17-26-19-27-24-43-38(12,13)25-42-23-28-21-29(35(3,4)5)22-31(37(9,10)11)34(28)45-39(42,43)44-33(27)30(20-26)36(6,7)8/h19-24,40H,14-18,25H2,1-13H3/q+2. The number of aryl methyl sites for hydroxylation is 1. The van der Waals surface area contributed by atoms with Gasteiger partial charge < -0.3 is 14.4 Å². The van der Waals surface area contributed by atoms with E-state index >= 15 is 0 Å². The second kappa shape index (κ2) is 11.0. The van der Waals surface area contributed by atoms with Crippen molar-refractivity contribution in [3.8, 4) is 11.5 Å². The van der Waals surface area contributed by atoms with E-state index in [2.05, 4.69) is 141 Å². The van der Waals surface area contributed by atoms with Crippen molar-refractivity contribution in [3.05, 3.63) is 57.6 Å². The Labute approximate surface area is 272 Å². The minimum atomic E-state index is -1.10. The predicted octanol–water partition coefficient (Wildman–Crippen LogP) is 7.97. The summed E-state index contributed by atoms with van der Waals surface area (Å²) in [5.41, 5.74) is 6.77. The largest absolute Gasteiger partial charge is 0.704 e. The Bertz CT molecular complexity index is 1570. The summed E-state index contributed by atoms with van der Waals surface area (Å²) in [5.74, 6) is 2.55. The van der Waals surface area contributed by atoms with Gasteiger partial charge in [-0.1, -0.05) is 83.6 Å². The van der Waals surface area contributed by atoms with Gasteiger partial charge >= 0.3 is 6.03 Å². The van der Waals surface area contributed by atoms with Crippen LogP contribution in [0.1, 0.15) is 136 Å². The lowest BCUT2D eigenvalue weighted by Crippen LogP contribution is -2.61. The summed E-state index contributed by atoms with van der Waals surface area (Å²) in [6.45, 7) is 31.8. The first-order chi connectivity index (χ1) is 20.7. The van der Waals surface area contributed by atoms with Gasteiger partial charge in [0, 0.05) is 44.5 Å². The summed E-state index contributed by atoms with van der Waals surface area (Å²) in [4.78, 5) is 2.14. The molecule has 2 aromatic rings. The zero-order chi connectivity index (χ0) is 33.3. The van der Waals surface area contributed by atoms with Crippen LogP contribution < -0.4 is 9.47 Å². The first-order valence-electron chi connectivity index (χ1n) is 17.0. The second-order valence-electron chi connectivity index (χ2n) is 17.0. The van der Waals surface area contributed by atoms with E-state index in [1.807, 2.05) is 0 Å². The molecule has 6 nitrogen and oxygen atoms in total. The van der Waals surface area contributed by atoms with Crippen LogP contribution in [0.5, 0.6) is 11.5 Å². The van der Waals surface area contributed by atoms with Crippen LogP contribution in [-0.2, 0) is 22.7 Å². The lowest BCUT2D eigenvalue weighted by Gasteiger charge is -2.34. The van der Waals surface area contributed by atoms with Gasteiger partial charge in [-0.25, -0.2) is 0 Å². The van der Waals surface area contributed by atoms with Crippen molar-refractivity contribution in [1.29, 1.82) is 5.41 Å². The van der Waals surface area contributed by atoms with Crippen LogP contribution in [0, 0.1) is 5.41 Å². The lowest BCUT2D eigenvalue weighted by molar-refractivity contribution is -0.867. The van der Waals surface area contributed by atoms with Crippen molar-refractivity contribution in [2.24, 2.45) is 0 Å². The topological polar surface area (TPSA) is 51.6 Å². The molecule has 0 aliphatic carbocycles. The maximum atomic E-state index is 8.53. The Morgan fingerprint density at radius 3 is 1.89 bits per heavy atom. The van der Waals surface area contributed by atoms with Gasteiger partial charge in [0.05, 0.1) is 17.0 Å². The fraction of sp³-hybridized carbons (Fsp3) is 0.615. The zero-order valence-corrected chi connectivity index (χ0v) is 30.4. The third kappa shape index (κ3) is 5.94. The van der Waals surface area contributed by atoms with Crippen molar-refractivity contribution < 1.29 is 18.6 Å². The number of amidine groups is 1. The first kappa shape index (κ1) is 33.2. The van der Waals surface area contributed by atoms with E-state index in [9.17, 15) is 0 Å². The summed E-state index contributed by atoms with van der Waals surface area (Å²) >= 11 is 0. The maximum absolute atomic E-state index is 8.53. The Hall–Kier alpha value is -3.15. The minimum Gasteiger partial charge on any atom is -0.361 e. The molecule has 0 bridgehead atoms. The highest BCUT2D eigenvalue weighted by atomic mass is 16.7. The van der Waals surface area contributed by atoms with Crippen molar-refractivity contribution in [2.75, 3.05) is 19.6 Å². The number of hydrogen-bond acceptors (Lipinski definition) is 3. The molecule has 1 fully saturated rings. The van der Waals surface area contributed by atoms with Crippen LogP contribution in [0.4, 0.5) is 0 Å². The van der Waals surface area contributed by atoms with E-state index in [1.54, 1.807) is 0 Å². The Balaban J connectivity index is 1.61. The molecule has 45 heavy (non-hydrogen) atoms. The number of fused-ring (bicyclic) bond motifs is 2. The molecule has 2 aromatic carbocycles. The molecule has 0 aromatic heterocycles. The molecule has 244 valence electrons. The van der Waals surface area contributed by atoms with E-state index in [0.29, 0.717) is 0 Å². The highest BCUT2D eigenvalue weighted by molar-refractivity contribution is 5.85. The fourth-order valence-electron chi connectivity index (χ4n) is 7.01. The van der Waals surface area contributed by atoms with Gasteiger partial charge in [0.15, 0.2) is 23.9 Å². The molecule has 3 aliphatic heterocycles. The minimum absolute atomic E-state index is 0.0212. The average molecular weight is 615 g/mol. The second-order valence-corrected chi connectivity index (χ2v) is 17.0. The molecule has 1 saturated heterocycles. The van der Waals surface area contributed by atoms with Crippen LogP contribution in [-0.4, -0.2) is 63.5 Å². The maximum Gasteiger partial charge on any atom is 0.704 e. The lowest BCUT2D eigenvalue weighted by atomic mass is 9.79. The van der Waals surface area contributed by atoms with Gasteiger partial charge in [-0.15, -0.1) is 0 Å². The molecule has 3 heterocycles. The van der Waals surface area contributed by atoms with Crippen molar-refractivity contribution in [2.45, 2.75) is 137 Å². The molecule has 5 rings (SSSR count). The average Bonchev–Trinajstić information content (AvgIpc) is 3.13. The van der Waals surface area contributed by atoms with Crippen LogP contribution in [0.25, 0.3) is 0 Å². The first-order valence-corrected chi connectivity index (χ1v) is 17.0. The van der Waals surface area contributed by atoms with Crippen molar-refractivity contribution in [1.82, 2.24) is 4.90 Å². The highest BCUT2D eigenvalue weighted by Crippen LogP contribution is 2.48. The molecule has 0 radical (unpaired) electrons. The van der Waals surface area contributed by atoms with Gasteiger partial charge in [-0.3, -0.25) is 5.41 Å². The molecule has 0 amide bonds. The molecule has 1 atom stereocenters. The highest BCUT2D eigenvalue weighted by Gasteiger charge is 2.75. The molecular formula is C39H58N4O2+2. The van der Waals surface area contributed by atoms with Crippen LogP contribution in [0.3, 0.4) is 0 Å². The monoisotopic (exact) mass is 614 g/mol. The summed E-state index contributed by atoms with van der Waals surface area (Å²) < 4.78 is 19.1. The Morgan fingerprint density at radius 1 is 0.800 bits per heavy atom.